The van der Waals surface area contributed by atoms with Crippen LogP contribution < -0.4 is 4.90 Å². The zero-order valence-corrected chi connectivity index (χ0v) is 11.5. The lowest BCUT2D eigenvalue weighted by Crippen LogP contribution is -2.27. The van der Waals surface area contributed by atoms with Crippen LogP contribution in [0.2, 0.25) is 0 Å². The summed E-state index contributed by atoms with van der Waals surface area (Å²) in [5.41, 5.74) is 3.50. The summed E-state index contributed by atoms with van der Waals surface area (Å²) in [6.45, 7) is 0. The van der Waals surface area contributed by atoms with Gasteiger partial charge >= 0.3 is 0 Å². The maximum atomic E-state index is 8.82. The molecule has 2 aromatic rings. The highest BCUT2D eigenvalue weighted by atomic mass is 32.1. The standard InChI is InChI=1S/C15H8N2S2/c16-9-10-5-7-11(8-6-10)17-14(18)12-3-1-2-4-13(12)15(17)19/h1-8H. The Labute approximate surface area is 121 Å². The van der Waals surface area contributed by atoms with E-state index in [1.54, 1.807) is 12.1 Å². The molecule has 2 nitrogen and oxygen atoms in total. The Balaban J connectivity index is 2.06. The van der Waals surface area contributed by atoms with Crippen LogP contribution in [0.25, 0.3) is 0 Å². The Hall–Kier alpha value is -2.09. The molecular weight excluding hydrogens is 272 g/mol. The van der Waals surface area contributed by atoms with Gasteiger partial charge in [0.2, 0.25) is 0 Å². The molecule has 0 amide bonds. The first-order valence-corrected chi connectivity index (χ1v) is 6.52. The Morgan fingerprint density at radius 1 is 0.842 bits per heavy atom. The van der Waals surface area contributed by atoms with Gasteiger partial charge in [0.15, 0.2) is 0 Å². The smallest absolute Gasteiger partial charge is 0.119 e. The predicted molar refractivity (Wildman–Crippen MR) is 83.5 cm³/mol. The second-order valence-corrected chi connectivity index (χ2v) is 4.92. The number of rotatable bonds is 1. The monoisotopic (exact) mass is 280 g/mol. The second kappa shape index (κ2) is 4.54. The molecule has 0 fully saturated rings. The lowest BCUT2D eigenvalue weighted by Gasteiger charge is -2.18. The van der Waals surface area contributed by atoms with Gasteiger partial charge in [-0.05, 0) is 24.3 Å². The molecule has 0 saturated heterocycles. The van der Waals surface area contributed by atoms with Crippen molar-refractivity contribution in [3.8, 4) is 6.07 Å². The van der Waals surface area contributed by atoms with E-state index >= 15 is 0 Å². The number of thiocarbonyl (C=S) groups is 2. The summed E-state index contributed by atoms with van der Waals surface area (Å²) >= 11 is 11.0. The van der Waals surface area contributed by atoms with Crippen LogP contribution in [-0.2, 0) is 0 Å². The number of hydrogen-bond donors (Lipinski definition) is 0. The average Bonchev–Trinajstić information content (AvgIpc) is 2.72. The summed E-state index contributed by atoms with van der Waals surface area (Å²) in [6, 6.07) is 17.2. The van der Waals surface area contributed by atoms with Gasteiger partial charge in [-0.1, -0.05) is 48.7 Å². The van der Waals surface area contributed by atoms with Crippen LogP contribution in [0.1, 0.15) is 16.7 Å². The fraction of sp³-hybridized carbons (Fsp3) is 0. The minimum absolute atomic E-state index is 0.622. The first-order chi connectivity index (χ1) is 9.22. The third-order valence-electron chi connectivity index (χ3n) is 3.05. The Morgan fingerprint density at radius 2 is 1.37 bits per heavy atom. The van der Waals surface area contributed by atoms with Crippen LogP contribution in [0, 0.1) is 11.3 Å². The van der Waals surface area contributed by atoms with Crippen molar-refractivity contribution >= 4 is 40.1 Å². The molecule has 19 heavy (non-hydrogen) atoms. The first kappa shape index (κ1) is 12.0. The highest BCUT2D eigenvalue weighted by molar-refractivity contribution is 7.83. The lowest BCUT2D eigenvalue weighted by molar-refractivity contribution is 1.45. The molecule has 0 saturated carbocycles. The van der Waals surface area contributed by atoms with Gasteiger partial charge in [0, 0.05) is 16.8 Å². The molecule has 4 heteroatoms. The molecule has 0 aliphatic carbocycles. The van der Waals surface area contributed by atoms with Crippen molar-refractivity contribution in [2.45, 2.75) is 0 Å². The minimum atomic E-state index is 0.622. The van der Waals surface area contributed by atoms with Gasteiger partial charge in [-0.25, -0.2) is 0 Å². The maximum absolute atomic E-state index is 8.82. The summed E-state index contributed by atoms with van der Waals surface area (Å²) in [7, 11) is 0. The van der Waals surface area contributed by atoms with Crippen molar-refractivity contribution in [1.29, 1.82) is 5.26 Å². The van der Waals surface area contributed by atoms with E-state index in [9.17, 15) is 0 Å². The van der Waals surface area contributed by atoms with Crippen LogP contribution in [0.15, 0.2) is 48.5 Å². The summed E-state index contributed by atoms with van der Waals surface area (Å²) in [6.07, 6.45) is 0. The van der Waals surface area contributed by atoms with E-state index in [1.165, 1.54) is 0 Å². The van der Waals surface area contributed by atoms with Crippen LogP contribution in [-0.4, -0.2) is 9.98 Å². The SMILES string of the molecule is N#Cc1ccc(N2C(=S)c3ccccc3C2=S)cc1. The largest absolute Gasteiger partial charge is 0.291 e. The Bertz CT molecular complexity index is 692. The molecule has 0 N–H and O–H groups in total. The molecule has 3 rings (SSSR count). The summed E-state index contributed by atoms with van der Waals surface area (Å²) in [4.78, 5) is 3.30. The maximum Gasteiger partial charge on any atom is 0.119 e. The van der Waals surface area contributed by atoms with Gasteiger partial charge < -0.3 is 0 Å². The lowest BCUT2D eigenvalue weighted by atomic mass is 10.1. The van der Waals surface area contributed by atoms with Crippen LogP contribution >= 0.6 is 24.4 Å². The highest BCUT2D eigenvalue weighted by Gasteiger charge is 2.29. The van der Waals surface area contributed by atoms with Gasteiger partial charge in [0.25, 0.3) is 0 Å². The topological polar surface area (TPSA) is 27.0 Å². The predicted octanol–water partition coefficient (Wildman–Crippen LogP) is 3.43. The minimum Gasteiger partial charge on any atom is -0.291 e. The van der Waals surface area contributed by atoms with Crippen molar-refractivity contribution in [3.05, 3.63) is 65.2 Å². The zero-order valence-electron chi connectivity index (χ0n) is 9.83. The average molecular weight is 280 g/mol. The molecular formula is C15H8N2S2. The number of anilines is 1. The van der Waals surface area contributed by atoms with Crippen molar-refractivity contribution in [1.82, 2.24) is 0 Å². The first-order valence-electron chi connectivity index (χ1n) is 5.70. The van der Waals surface area contributed by atoms with Crippen molar-refractivity contribution < 1.29 is 0 Å². The fourth-order valence-corrected chi connectivity index (χ4v) is 2.92. The normalized spacial score (nSPS) is 13.3. The molecule has 0 aromatic heterocycles. The van der Waals surface area contributed by atoms with E-state index in [0.29, 0.717) is 15.5 Å². The second-order valence-electron chi connectivity index (χ2n) is 4.15. The van der Waals surface area contributed by atoms with Crippen molar-refractivity contribution in [2.24, 2.45) is 0 Å². The van der Waals surface area contributed by atoms with Gasteiger partial charge in [-0.2, -0.15) is 5.26 Å². The molecule has 1 heterocycles. The molecule has 2 aromatic carbocycles. The summed E-state index contributed by atoms with van der Waals surface area (Å²) in [5, 5.41) is 8.82. The molecule has 0 radical (unpaired) electrons. The number of fused-ring (bicyclic) bond motifs is 1. The third kappa shape index (κ3) is 1.84. The summed E-state index contributed by atoms with van der Waals surface area (Å²) < 4.78 is 0. The van der Waals surface area contributed by atoms with Gasteiger partial charge in [0.05, 0.1) is 11.6 Å². The Kier molecular flexibility index (Phi) is 2.86. The van der Waals surface area contributed by atoms with E-state index in [1.807, 2.05) is 41.3 Å². The van der Waals surface area contributed by atoms with Crippen LogP contribution in [0.5, 0.6) is 0 Å². The van der Waals surface area contributed by atoms with Crippen LogP contribution in [0.3, 0.4) is 0 Å². The number of nitrogens with zero attached hydrogens (tertiary/aromatic N) is 2. The zero-order chi connectivity index (χ0) is 13.4. The van der Waals surface area contributed by atoms with E-state index in [2.05, 4.69) is 6.07 Å². The number of benzene rings is 2. The molecule has 0 unspecified atom stereocenters. The molecule has 0 spiro atoms. The Morgan fingerprint density at radius 3 is 1.84 bits per heavy atom. The van der Waals surface area contributed by atoms with Gasteiger partial charge in [-0.15, -0.1) is 0 Å². The van der Waals surface area contributed by atoms with Gasteiger partial charge in [0.1, 0.15) is 9.98 Å². The third-order valence-corrected chi connectivity index (χ3v) is 3.85. The molecule has 1 aliphatic heterocycles. The van der Waals surface area contributed by atoms with Gasteiger partial charge in [-0.3, -0.25) is 4.90 Å². The highest BCUT2D eigenvalue weighted by Crippen LogP contribution is 2.29. The molecule has 90 valence electrons. The molecule has 0 atom stereocenters. The number of hydrogen-bond acceptors (Lipinski definition) is 3. The van der Waals surface area contributed by atoms with E-state index < -0.39 is 0 Å². The van der Waals surface area contributed by atoms with E-state index in [0.717, 1.165) is 16.8 Å². The number of nitriles is 1. The van der Waals surface area contributed by atoms with Crippen molar-refractivity contribution in [2.75, 3.05) is 4.90 Å². The molecule has 0 bridgehead atoms. The van der Waals surface area contributed by atoms with E-state index in [-0.39, 0.29) is 0 Å². The molecule has 1 aliphatic rings. The quantitative estimate of drug-likeness (QED) is 0.748. The fourth-order valence-electron chi connectivity index (χ4n) is 2.11. The van der Waals surface area contributed by atoms with Crippen LogP contribution in [0.4, 0.5) is 5.69 Å². The van der Waals surface area contributed by atoms with Crippen molar-refractivity contribution in [3.63, 3.8) is 0 Å². The van der Waals surface area contributed by atoms with E-state index in [4.69, 9.17) is 29.7 Å². The summed E-state index contributed by atoms with van der Waals surface area (Å²) in [5.74, 6) is 0.